The molecular weight excluding hydrogens is 424 g/mol. The van der Waals surface area contributed by atoms with Gasteiger partial charge in [0.25, 0.3) is 0 Å². The molecule has 0 saturated heterocycles. The number of alkyl carbamates (subject to hydrolysis) is 1. The van der Waals surface area contributed by atoms with Gasteiger partial charge in [0.1, 0.15) is 30.0 Å². The minimum Gasteiger partial charge on any atom is -0.508 e. The van der Waals surface area contributed by atoms with E-state index in [0.717, 1.165) is 4.90 Å². The lowest BCUT2D eigenvalue weighted by Crippen LogP contribution is -2.56. The third-order valence-corrected chi connectivity index (χ3v) is 4.42. The number of nitrogens with zero attached hydrogens (tertiary/aromatic N) is 2. The summed E-state index contributed by atoms with van der Waals surface area (Å²) in [6, 6.07) is 5.70. The van der Waals surface area contributed by atoms with Crippen LogP contribution >= 0.6 is 0 Å². The molecule has 0 bridgehead atoms. The summed E-state index contributed by atoms with van der Waals surface area (Å²) >= 11 is 0. The lowest BCUT2D eigenvalue weighted by atomic mass is 9.97. The highest BCUT2D eigenvalue weighted by Crippen LogP contribution is 2.30. The van der Waals surface area contributed by atoms with E-state index >= 15 is 0 Å². The predicted molar refractivity (Wildman–Crippen MR) is 124 cm³/mol. The van der Waals surface area contributed by atoms with Gasteiger partial charge in [0.2, 0.25) is 11.8 Å². The van der Waals surface area contributed by atoms with E-state index in [9.17, 15) is 24.8 Å². The zero-order valence-corrected chi connectivity index (χ0v) is 20.7. The number of hydrogen-bond acceptors (Lipinski definition) is 6. The number of phenols is 1. The number of carbonyl (C=O) groups is 3. The number of nitrogens with one attached hydrogen (secondary N) is 2. The first kappa shape index (κ1) is 27.8. The molecule has 1 aromatic rings. The first-order chi connectivity index (χ1) is 15.1. The maximum Gasteiger partial charge on any atom is 0.408 e. The Labute approximate surface area is 196 Å². The van der Waals surface area contributed by atoms with Crippen molar-refractivity contribution in [3.63, 3.8) is 0 Å². The minimum atomic E-state index is -1.29. The molecular formula is C24H36N4O5. The van der Waals surface area contributed by atoms with E-state index in [2.05, 4.69) is 10.6 Å². The van der Waals surface area contributed by atoms with Crippen molar-refractivity contribution < 1.29 is 24.2 Å². The van der Waals surface area contributed by atoms with Gasteiger partial charge in [-0.2, -0.15) is 5.26 Å². The monoisotopic (exact) mass is 460 g/mol. The highest BCUT2D eigenvalue weighted by Gasteiger charge is 2.39. The maximum absolute atomic E-state index is 13.6. The van der Waals surface area contributed by atoms with Gasteiger partial charge in [0, 0.05) is 11.1 Å². The molecule has 1 rings (SSSR count). The van der Waals surface area contributed by atoms with E-state index < -0.39 is 47.7 Å². The van der Waals surface area contributed by atoms with Gasteiger partial charge in [-0.15, -0.1) is 0 Å². The molecule has 0 fully saturated rings. The van der Waals surface area contributed by atoms with Crippen LogP contribution in [0.2, 0.25) is 0 Å². The van der Waals surface area contributed by atoms with E-state index in [1.54, 1.807) is 67.5 Å². The normalized spacial score (nSPS) is 13.5. The van der Waals surface area contributed by atoms with Crippen LogP contribution < -0.4 is 10.6 Å². The second-order valence-corrected chi connectivity index (χ2v) is 10.2. The van der Waals surface area contributed by atoms with Crippen molar-refractivity contribution in [2.24, 2.45) is 5.92 Å². The molecule has 0 aliphatic carbocycles. The molecule has 9 heteroatoms. The fourth-order valence-electron chi connectivity index (χ4n) is 3.11. The van der Waals surface area contributed by atoms with Crippen LogP contribution in [0.25, 0.3) is 0 Å². The van der Waals surface area contributed by atoms with Crippen LogP contribution in [0.3, 0.4) is 0 Å². The van der Waals surface area contributed by atoms with Crippen molar-refractivity contribution in [2.75, 3.05) is 6.54 Å². The molecule has 3 N–H and O–H groups in total. The molecule has 0 aliphatic rings. The van der Waals surface area contributed by atoms with Crippen molar-refractivity contribution in [2.45, 2.75) is 78.6 Å². The standard InChI is InChI=1S/C24H36N4O5/c1-15(2)18(26-22(32)33-24(6,7)8)21(31)28(14-13-25)19(20(30)27-23(3,4)5)16-11-9-10-12-17(16)29/h9-12,15,18-19,29H,14H2,1-8H3,(H,26,32)(H,27,30). The second kappa shape index (κ2) is 11.0. The molecule has 0 radical (unpaired) electrons. The van der Waals surface area contributed by atoms with Crippen LogP contribution in [0.15, 0.2) is 24.3 Å². The first-order valence-electron chi connectivity index (χ1n) is 10.8. The Morgan fingerprint density at radius 3 is 2.15 bits per heavy atom. The number of rotatable bonds is 7. The Bertz CT molecular complexity index is 893. The summed E-state index contributed by atoms with van der Waals surface area (Å²) in [5.41, 5.74) is -1.23. The molecule has 182 valence electrons. The summed E-state index contributed by atoms with van der Waals surface area (Å²) in [6.45, 7) is 13.5. The van der Waals surface area contributed by atoms with Gasteiger partial charge in [-0.25, -0.2) is 4.79 Å². The Kier molecular flexibility index (Phi) is 9.28. The summed E-state index contributed by atoms with van der Waals surface area (Å²) in [5.74, 6) is -1.77. The van der Waals surface area contributed by atoms with Crippen LogP contribution in [-0.2, 0) is 14.3 Å². The molecule has 0 spiro atoms. The van der Waals surface area contributed by atoms with Gasteiger partial charge in [0.15, 0.2) is 0 Å². The summed E-state index contributed by atoms with van der Waals surface area (Å²) in [7, 11) is 0. The average molecular weight is 461 g/mol. The largest absolute Gasteiger partial charge is 0.508 e. The number of ether oxygens (including phenoxy) is 1. The number of benzene rings is 1. The van der Waals surface area contributed by atoms with E-state index in [-0.39, 0.29) is 17.2 Å². The van der Waals surface area contributed by atoms with Crippen molar-refractivity contribution in [3.8, 4) is 11.8 Å². The molecule has 0 heterocycles. The van der Waals surface area contributed by atoms with Gasteiger partial charge in [0.05, 0.1) is 6.07 Å². The predicted octanol–water partition coefficient (Wildman–Crippen LogP) is 3.25. The molecule has 0 saturated carbocycles. The number of aromatic hydroxyl groups is 1. The Hall–Kier alpha value is -3.28. The zero-order valence-electron chi connectivity index (χ0n) is 20.7. The number of hydrogen-bond donors (Lipinski definition) is 3. The van der Waals surface area contributed by atoms with Crippen LogP contribution in [0.4, 0.5) is 4.79 Å². The van der Waals surface area contributed by atoms with Crippen LogP contribution in [0.1, 0.15) is 67.0 Å². The van der Waals surface area contributed by atoms with Gasteiger partial charge >= 0.3 is 6.09 Å². The van der Waals surface area contributed by atoms with Crippen molar-refractivity contribution >= 4 is 17.9 Å². The Morgan fingerprint density at radius 2 is 1.70 bits per heavy atom. The third-order valence-electron chi connectivity index (χ3n) is 4.42. The molecule has 2 atom stereocenters. The lowest BCUT2D eigenvalue weighted by Gasteiger charge is -2.35. The number of amides is 3. The number of nitriles is 1. The van der Waals surface area contributed by atoms with E-state index in [1.165, 1.54) is 12.1 Å². The molecule has 0 aromatic heterocycles. The van der Waals surface area contributed by atoms with Crippen LogP contribution in [0.5, 0.6) is 5.75 Å². The molecule has 1 aromatic carbocycles. The fourth-order valence-corrected chi connectivity index (χ4v) is 3.11. The lowest BCUT2D eigenvalue weighted by molar-refractivity contribution is -0.143. The summed E-state index contributed by atoms with van der Waals surface area (Å²) in [5, 5.41) is 25.3. The SMILES string of the molecule is CC(C)C(NC(=O)OC(C)(C)C)C(=O)N(CC#N)C(C(=O)NC(C)(C)C)c1ccccc1O. The van der Waals surface area contributed by atoms with E-state index in [4.69, 9.17) is 4.74 Å². The Balaban J connectivity index is 3.47. The zero-order chi connectivity index (χ0) is 25.6. The topological polar surface area (TPSA) is 132 Å². The van der Waals surface area contributed by atoms with E-state index in [0.29, 0.717) is 0 Å². The quantitative estimate of drug-likeness (QED) is 0.535. The third kappa shape index (κ3) is 8.64. The fraction of sp³-hybridized carbons (Fsp3) is 0.583. The number of para-hydroxylation sites is 1. The summed E-state index contributed by atoms with van der Waals surface area (Å²) in [4.78, 5) is 40.4. The van der Waals surface area contributed by atoms with Crippen molar-refractivity contribution in [3.05, 3.63) is 29.8 Å². The maximum atomic E-state index is 13.6. The van der Waals surface area contributed by atoms with E-state index in [1.807, 2.05) is 6.07 Å². The summed E-state index contributed by atoms with van der Waals surface area (Å²) in [6.07, 6.45) is -0.787. The average Bonchev–Trinajstić information content (AvgIpc) is 2.63. The van der Waals surface area contributed by atoms with Gasteiger partial charge in [-0.1, -0.05) is 32.0 Å². The second-order valence-electron chi connectivity index (χ2n) is 10.2. The molecule has 0 aliphatic heterocycles. The Morgan fingerprint density at radius 1 is 1.12 bits per heavy atom. The number of phenolic OH excluding ortho intramolecular Hbond substituents is 1. The van der Waals surface area contributed by atoms with Crippen LogP contribution in [0, 0.1) is 17.2 Å². The highest BCUT2D eigenvalue weighted by atomic mass is 16.6. The smallest absolute Gasteiger partial charge is 0.408 e. The summed E-state index contributed by atoms with van der Waals surface area (Å²) < 4.78 is 5.28. The molecule has 33 heavy (non-hydrogen) atoms. The minimum absolute atomic E-state index is 0.169. The van der Waals surface area contributed by atoms with Gasteiger partial charge in [-0.3, -0.25) is 9.59 Å². The van der Waals surface area contributed by atoms with Gasteiger partial charge < -0.3 is 25.4 Å². The molecule has 2 unspecified atom stereocenters. The highest BCUT2D eigenvalue weighted by molar-refractivity contribution is 5.93. The van der Waals surface area contributed by atoms with Gasteiger partial charge in [-0.05, 0) is 53.5 Å². The molecule has 3 amide bonds. The van der Waals surface area contributed by atoms with Crippen LogP contribution in [-0.4, -0.2) is 51.6 Å². The first-order valence-corrected chi connectivity index (χ1v) is 10.8. The van der Waals surface area contributed by atoms with Crippen molar-refractivity contribution in [1.29, 1.82) is 5.26 Å². The number of carbonyl (C=O) groups excluding carboxylic acids is 3. The van der Waals surface area contributed by atoms with Crippen molar-refractivity contribution in [1.82, 2.24) is 15.5 Å². The molecule has 9 nitrogen and oxygen atoms in total.